The van der Waals surface area contributed by atoms with Crippen LogP contribution in [-0.4, -0.2) is 10.3 Å². The first-order chi connectivity index (χ1) is 8.08. The highest BCUT2D eigenvalue weighted by atomic mass is 79.9. The van der Waals surface area contributed by atoms with Crippen molar-refractivity contribution in [2.75, 3.05) is 5.32 Å². The third-order valence-electron chi connectivity index (χ3n) is 2.44. The molecular formula is C11H11BrClN3O. The van der Waals surface area contributed by atoms with Crippen molar-refractivity contribution in [3.63, 3.8) is 0 Å². The maximum absolute atomic E-state index is 6.07. The van der Waals surface area contributed by atoms with E-state index in [-0.39, 0.29) is 0 Å². The summed E-state index contributed by atoms with van der Waals surface area (Å²) in [5.74, 6) is 0. The predicted octanol–water partition coefficient (Wildman–Crippen LogP) is 3.71. The van der Waals surface area contributed by atoms with Gasteiger partial charge in [0.05, 0.1) is 12.2 Å². The molecule has 0 spiro atoms. The van der Waals surface area contributed by atoms with E-state index in [0.29, 0.717) is 6.54 Å². The van der Waals surface area contributed by atoms with Gasteiger partial charge in [0.1, 0.15) is 11.4 Å². The Morgan fingerprint density at radius 1 is 1.35 bits per heavy atom. The summed E-state index contributed by atoms with van der Waals surface area (Å²) in [6.07, 6.45) is 0. The van der Waals surface area contributed by atoms with E-state index in [2.05, 4.69) is 36.2 Å². The summed E-state index contributed by atoms with van der Waals surface area (Å²) >= 11 is 9.55. The van der Waals surface area contributed by atoms with E-state index in [4.69, 9.17) is 11.6 Å². The Morgan fingerprint density at radius 2 is 2.12 bits per heavy atom. The summed E-state index contributed by atoms with van der Waals surface area (Å²) in [4.78, 5) is 0. The van der Waals surface area contributed by atoms with Crippen LogP contribution >= 0.6 is 27.5 Å². The van der Waals surface area contributed by atoms with Crippen molar-refractivity contribution in [3.8, 4) is 0 Å². The Morgan fingerprint density at radius 3 is 2.76 bits per heavy atom. The number of rotatable bonds is 3. The molecule has 6 heteroatoms. The van der Waals surface area contributed by atoms with Gasteiger partial charge in [0.25, 0.3) is 0 Å². The number of nitrogens with one attached hydrogen (secondary N) is 1. The van der Waals surface area contributed by atoms with Gasteiger partial charge in [0.15, 0.2) is 0 Å². The first-order valence-electron chi connectivity index (χ1n) is 5.05. The van der Waals surface area contributed by atoms with Gasteiger partial charge in [-0.25, -0.2) is 4.63 Å². The van der Waals surface area contributed by atoms with Crippen molar-refractivity contribution in [2.45, 2.75) is 20.4 Å². The van der Waals surface area contributed by atoms with Crippen LogP contribution in [0.1, 0.15) is 17.0 Å². The fourth-order valence-electron chi connectivity index (χ4n) is 1.37. The number of aromatic nitrogens is 2. The van der Waals surface area contributed by atoms with Crippen LogP contribution in [-0.2, 0) is 6.54 Å². The Balaban J connectivity index is 2.14. The Labute approximate surface area is 112 Å². The maximum Gasteiger partial charge on any atom is 0.127 e. The fraction of sp³-hybridized carbons (Fsp3) is 0.273. The summed E-state index contributed by atoms with van der Waals surface area (Å²) in [5.41, 5.74) is 3.52. The van der Waals surface area contributed by atoms with E-state index < -0.39 is 0 Å². The van der Waals surface area contributed by atoms with Gasteiger partial charge in [-0.3, -0.25) is 0 Å². The van der Waals surface area contributed by atoms with Gasteiger partial charge in [-0.15, -0.1) is 0 Å². The third kappa shape index (κ3) is 2.79. The van der Waals surface area contributed by atoms with Crippen molar-refractivity contribution >= 4 is 33.2 Å². The van der Waals surface area contributed by atoms with Crippen LogP contribution in [0, 0.1) is 13.8 Å². The molecule has 2 aromatic rings. The largest absolute Gasteiger partial charge is 0.378 e. The van der Waals surface area contributed by atoms with Crippen molar-refractivity contribution in [3.05, 3.63) is 38.6 Å². The molecule has 0 saturated heterocycles. The minimum absolute atomic E-state index is 0.549. The average molecular weight is 317 g/mol. The molecule has 1 aromatic carbocycles. The van der Waals surface area contributed by atoms with Gasteiger partial charge in [-0.05, 0) is 47.5 Å². The second-order valence-corrected chi connectivity index (χ2v) is 4.99. The Bertz CT molecular complexity index is 542. The molecule has 90 valence electrons. The second-order valence-electron chi connectivity index (χ2n) is 3.73. The molecule has 1 aromatic heterocycles. The molecule has 0 atom stereocenters. The maximum atomic E-state index is 6.07. The summed E-state index contributed by atoms with van der Waals surface area (Å²) in [7, 11) is 0. The zero-order chi connectivity index (χ0) is 12.4. The van der Waals surface area contributed by atoms with Gasteiger partial charge < -0.3 is 5.32 Å². The van der Waals surface area contributed by atoms with E-state index in [1.807, 2.05) is 26.0 Å². The topological polar surface area (TPSA) is 51.0 Å². The summed E-state index contributed by atoms with van der Waals surface area (Å²) < 4.78 is 5.60. The molecule has 0 aliphatic heterocycles. The lowest BCUT2D eigenvalue weighted by Crippen LogP contribution is -2.02. The molecule has 4 nitrogen and oxygen atoms in total. The minimum Gasteiger partial charge on any atom is -0.378 e. The van der Waals surface area contributed by atoms with E-state index in [0.717, 1.165) is 32.1 Å². The van der Waals surface area contributed by atoms with Crippen LogP contribution in [0.2, 0.25) is 5.02 Å². The fourth-order valence-corrected chi connectivity index (χ4v) is 2.13. The molecule has 0 saturated carbocycles. The first-order valence-corrected chi connectivity index (χ1v) is 6.22. The number of nitrogens with zero attached hydrogens (tertiary/aromatic N) is 2. The molecule has 17 heavy (non-hydrogen) atoms. The lowest BCUT2D eigenvalue weighted by Gasteiger charge is -2.09. The number of anilines is 1. The molecule has 0 aliphatic carbocycles. The zero-order valence-electron chi connectivity index (χ0n) is 9.42. The third-order valence-corrected chi connectivity index (χ3v) is 3.50. The highest BCUT2D eigenvalue weighted by Gasteiger charge is 2.07. The summed E-state index contributed by atoms with van der Waals surface area (Å²) in [5, 5.41) is 11.5. The summed E-state index contributed by atoms with van der Waals surface area (Å²) in [6, 6.07) is 3.85. The molecule has 0 radical (unpaired) electrons. The SMILES string of the molecule is Cc1cc(Br)c(NCc2nonc2C)cc1Cl. The quantitative estimate of drug-likeness (QED) is 0.937. The van der Waals surface area contributed by atoms with E-state index in [1.54, 1.807) is 0 Å². The molecular weight excluding hydrogens is 305 g/mol. The van der Waals surface area contributed by atoms with Crippen molar-refractivity contribution in [2.24, 2.45) is 0 Å². The van der Waals surface area contributed by atoms with Gasteiger partial charge in [-0.2, -0.15) is 0 Å². The van der Waals surface area contributed by atoms with Gasteiger partial charge in [-0.1, -0.05) is 21.9 Å². The van der Waals surface area contributed by atoms with Crippen LogP contribution in [0.15, 0.2) is 21.2 Å². The summed E-state index contributed by atoms with van der Waals surface area (Å²) in [6.45, 7) is 4.36. The molecule has 0 fully saturated rings. The molecule has 2 rings (SSSR count). The highest BCUT2D eigenvalue weighted by molar-refractivity contribution is 9.10. The van der Waals surface area contributed by atoms with Crippen LogP contribution in [0.25, 0.3) is 0 Å². The van der Waals surface area contributed by atoms with E-state index in [9.17, 15) is 0 Å². The highest BCUT2D eigenvalue weighted by Crippen LogP contribution is 2.29. The Hall–Kier alpha value is -1.07. The van der Waals surface area contributed by atoms with Crippen LogP contribution in [0.5, 0.6) is 0 Å². The van der Waals surface area contributed by atoms with E-state index >= 15 is 0 Å². The van der Waals surface area contributed by atoms with Crippen LogP contribution in [0.3, 0.4) is 0 Å². The smallest absolute Gasteiger partial charge is 0.127 e. The molecule has 0 bridgehead atoms. The standard InChI is InChI=1S/C11H11BrClN3O/c1-6-3-8(12)10(4-9(6)13)14-5-11-7(2)15-17-16-11/h3-4,14H,5H2,1-2H3. The normalized spacial score (nSPS) is 10.6. The molecule has 1 heterocycles. The zero-order valence-corrected chi connectivity index (χ0v) is 11.8. The number of aryl methyl sites for hydroxylation is 2. The number of benzene rings is 1. The van der Waals surface area contributed by atoms with Crippen molar-refractivity contribution in [1.29, 1.82) is 0 Å². The molecule has 1 N–H and O–H groups in total. The van der Waals surface area contributed by atoms with Crippen molar-refractivity contribution in [1.82, 2.24) is 10.3 Å². The lowest BCUT2D eigenvalue weighted by atomic mass is 10.2. The van der Waals surface area contributed by atoms with Gasteiger partial charge >= 0.3 is 0 Å². The number of halogens is 2. The number of hydrogen-bond donors (Lipinski definition) is 1. The predicted molar refractivity (Wildman–Crippen MR) is 70.3 cm³/mol. The van der Waals surface area contributed by atoms with Crippen molar-refractivity contribution < 1.29 is 4.63 Å². The lowest BCUT2D eigenvalue weighted by molar-refractivity contribution is 0.301. The Kier molecular flexibility index (Phi) is 3.69. The van der Waals surface area contributed by atoms with E-state index in [1.165, 1.54) is 0 Å². The monoisotopic (exact) mass is 315 g/mol. The van der Waals surface area contributed by atoms with Crippen LogP contribution < -0.4 is 5.32 Å². The van der Waals surface area contributed by atoms with Gasteiger partial charge in [0, 0.05) is 9.50 Å². The molecule has 0 aliphatic rings. The number of hydrogen-bond acceptors (Lipinski definition) is 4. The molecule has 0 unspecified atom stereocenters. The molecule has 0 amide bonds. The second kappa shape index (κ2) is 5.06. The van der Waals surface area contributed by atoms with Gasteiger partial charge in [0.2, 0.25) is 0 Å². The average Bonchev–Trinajstić information content (AvgIpc) is 2.68. The van der Waals surface area contributed by atoms with Crippen LogP contribution in [0.4, 0.5) is 5.69 Å². The first kappa shape index (κ1) is 12.4. The minimum atomic E-state index is 0.549.